The highest BCUT2D eigenvalue weighted by molar-refractivity contribution is 7.92. The Hall–Kier alpha value is -2.81. The van der Waals surface area contributed by atoms with Crippen LogP contribution in [0, 0.1) is 17.6 Å². The van der Waals surface area contributed by atoms with Crippen molar-refractivity contribution in [2.24, 2.45) is 5.92 Å². The average Bonchev–Trinajstić information content (AvgIpc) is 3.20. The summed E-state index contributed by atoms with van der Waals surface area (Å²) in [6.07, 6.45) is 4.76. The summed E-state index contributed by atoms with van der Waals surface area (Å²) in [5.41, 5.74) is -0.884. The first kappa shape index (κ1) is 21.9. The maximum atomic E-state index is 14.0. The maximum absolute atomic E-state index is 14.0. The fourth-order valence-electron chi connectivity index (χ4n) is 3.56. The molecule has 6 nitrogen and oxygen atoms in total. The van der Waals surface area contributed by atoms with Crippen LogP contribution in [0.4, 0.5) is 14.5 Å². The van der Waals surface area contributed by atoms with Gasteiger partial charge >= 0.3 is 5.97 Å². The van der Waals surface area contributed by atoms with E-state index in [1.165, 1.54) is 24.3 Å². The summed E-state index contributed by atoms with van der Waals surface area (Å²) in [7, 11) is -3.19. The lowest BCUT2D eigenvalue weighted by atomic mass is 9.97. The van der Waals surface area contributed by atoms with Crippen LogP contribution in [0.5, 0.6) is 0 Å². The van der Waals surface area contributed by atoms with Crippen molar-refractivity contribution >= 4 is 27.5 Å². The van der Waals surface area contributed by atoms with Crippen LogP contribution in [0.2, 0.25) is 0 Å². The van der Waals surface area contributed by atoms with E-state index in [2.05, 4.69) is 9.46 Å². The Morgan fingerprint density at radius 3 is 2.17 bits per heavy atom. The summed E-state index contributed by atoms with van der Waals surface area (Å²) >= 11 is 0. The number of methoxy groups -OCH3 is 1. The molecule has 0 aliphatic heterocycles. The lowest BCUT2D eigenvalue weighted by Crippen LogP contribution is -2.15. The number of hydrogen-bond acceptors (Lipinski definition) is 5. The second kappa shape index (κ2) is 8.91. The second-order valence-electron chi connectivity index (χ2n) is 7.21. The molecule has 0 radical (unpaired) electrons. The number of halogens is 2. The van der Waals surface area contributed by atoms with E-state index in [-0.39, 0.29) is 16.4 Å². The Balaban J connectivity index is 1.75. The van der Waals surface area contributed by atoms with Crippen LogP contribution in [0.3, 0.4) is 0 Å². The van der Waals surface area contributed by atoms with E-state index in [0.29, 0.717) is 30.0 Å². The van der Waals surface area contributed by atoms with Crippen LogP contribution < -0.4 is 4.72 Å². The zero-order valence-corrected chi connectivity index (χ0v) is 17.1. The number of hydrogen-bond donors (Lipinski definition) is 1. The summed E-state index contributed by atoms with van der Waals surface area (Å²) in [6.45, 7) is 0. The number of sulfonamides is 1. The molecule has 1 fully saturated rings. The van der Waals surface area contributed by atoms with E-state index in [1.54, 1.807) is 0 Å². The Kier molecular flexibility index (Phi) is 6.50. The minimum atomic E-state index is -4.16. The number of Topliss-reactive ketones (excluding diaryl/α,β-unsaturated/α-hetero) is 1. The second-order valence-corrected chi connectivity index (χ2v) is 8.90. The molecule has 0 atom stereocenters. The topological polar surface area (TPSA) is 89.5 Å². The number of ether oxygens (including phenoxy) is 1. The van der Waals surface area contributed by atoms with Crippen LogP contribution in [0.25, 0.3) is 0 Å². The summed E-state index contributed by atoms with van der Waals surface area (Å²) in [4.78, 5) is 23.6. The van der Waals surface area contributed by atoms with Gasteiger partial charge in [0.05, 0.1) is 17.7 Å². The fraction of sp³-hybridized carbons (Fsp3) is 0.333. The first-order chi connectivity index (χ1) is 14.2. The van der Waals surface area contributed by atoms with Crippen molar-refractivity contribution in [2.75, 3.05) is 11.8 Å². The Labute approximate surface area is 173 Å². The summed E-state index contributed by atoms with van der Waals surface area (Å²) in [6, 6.07) is 6.75. The van der Waals surface area contributed by atoms with Crippen LogP contribution in [-0.4, -0.2) is 27.3 Å². The highest BCUT2D eigenvalue weighted by atomic mass is 32.2. The summed E-state index contributed by atoms with van der Waals surface area (Å²) in [5, 5.41) is 0. The summed E-state index contributed by atoms with van der Waals surface area (Å²) < 4.78 is 59.5. The number of benzene rings is 2. The minimum Gasteiger partial charge on any atom is -0.465 e. The molecule has 0 unspecified atom stereocenters. The quantitative estimate of drug-likeness (QED) is 0.515. The number of anilines is 1. The third-order valence-corrected chi connectivity index (χ3v) is 6.52. The zero-order chi connectivity index (χ0) is 21.9. The molecule has 0 saturated heterocycles. The average molecular weight is 437 g/mol. The normalized spacial score (nSPS) is 14.5. The van der Waals surface area contributed by atoms with E-state index in [9.17, 15) is 26.8 Å². The van der Waals surface area contributed by atoms with E-state index in [0.717, 1.165) is 32.8 Å². The third kappa shape index (κ3) is 4.84. The Bertz CT molecular complexity index is 1040. The predicted octanol–water partition coefficient (Wildman–Crippen LogP) is 4.32. The number of carbonyl (C=O) groups is 2. The van der Waals surface area contributed by atoms with Gasteiger partial charge in [0, 0.05) is 12.0 Å². The molecule has 0 bridgehead atoms. The molecule has 0 heterocycles. The van der Waals surface area contributed by atoms with Gasteiger partial charge in [0.2, 0.25) is 0 Å². The number of esters is 1. The predicted molar refractivity (Wildman–Crippen MR) is 106 cm³/mol. The molecule has 1 aliphatic carbocycles. The van der Waals surface area contributed by atoms with Gasteiger partial charge in [0.1, 0.15) is 17.2 Å². The zero-order valence-electron chi connectivity index (χ0n) is 16.3. The van der Waals surface area contributed by atoms with Gasteiger partial charge in [0.15, 0.2) is 5.78 Å². The minimum absolute atomic E-state index is 0.0404. The molecule has 1 saturated carbocycles. The Morgan fingerprint density at radius 2 is 1.63 bits per heavy atom. The number of ketones is 1. The van der Waals surface area contributed by atoms with Crippen LogP contribution in [0.15, 0.2) is 41.3 Å². The SMILES string of the molecule is COC(=O)c1c(F)cc(NS(=O)(=O)c2ccc(C(=O)CC3CCCC3)cc2)cc1F. The van der Waals surface area contributed by atoms with Crippen molar-refractivity contribution in [1.29, 1.82) is 0 Å². The molecule has 9 heteroatoms. The molecule has 30 heavy (non-hydrogen) atoms. The van der Waals surface area contributed by atoms with Gasteiger partial charge < -0.3 is 4.74 Å². The highest BCUT2D eigenvalue weighted by Crippen LogP contribution is 2.29. The number of rotatable bonds is 7. The first-order valence-corrected chi connectivity index (χ1v) is 10.9. The van der Waals surface area contributed by atoms with E-state index in [4.69, 9.17) is 0 Å². The lowest BCUT2D eigenvalue weighted by Gasteiger charge is -2.11. The molecular weight excluding hydrogens is 416 g/mol. The number of nitrogens with one attached hydrogen (secondary N) is 1. The standard InChI is InChI=1S/C21H21F2NO5S/c1-29-21(26)20-17(22)11-15(12-18(20)23)24-30(27,28)16-8-6-14(7-9-16)19(25)10-13-4-2-3-5-13/h6-9,11-13,24H,2-5,10H2,1H3. The molecule has 160 valence electrons. The maximum Gasteiger partial charge on any atom is 0.343 e. The van der Waals surface area contributed by atoms with Gasteiger partial charge in [-0.3, -0.25) is 9.52 Å². The molecule has 1 aliphatic rings. The van der Waals surface area contributed by atoms with E-state index in [1.807, 2.05) is 0 Å². The molecule has 3 rings (SSSR count). The van der Waals surface area contributed by atoms with Gasteiger partial charge in [-0.15, -0.1) is 0 Å². The fourth-order valence-corrected chi connectivity index (χ4v) is 4.60. The molecule has 1 N–H and O–H groups in total. The Morgan fingerprint density at radius 1 is 1.07 bits per heavy atom. The van der Waals surface area contributed by atoms with Crippen molar-refractivity contribution in [3.8, 4) is 0 Å². The van der Waals surface area contributed by atoms with Crippen molar-refractivity contribution in [1.82, 2.24) is 0 Å². The van der Waals surface area contributed by atoms with Crippen molar-refractivity contribution in [3.05, 3.63) is 59.2 Å². The molecule has 0 spiro atoms. The third-order valence-electron chi connectivity index (χ3n) is 5.12. The molecule has 2 aromatic carbocycles. The van der Waals surface area contributed by atoms with Crippen molar-refractivity contribution in [3.63, 3.8) is 0 Å². The van der Waals surface area contributed by atoms with Gasteiger partial charge in [-0.25, -0.2) is 22.0 Å². The molecular formula is C21H21F2NO5S. The molecule has 0 amide bonds. The summed E-state index contributed by atoms with van der Waals surface area (Å²) in [5.74, 6) is -3.39. The van der Waals surface area contributed by atoms with Gasteiger partial charge in [-0.05, 0) is 30.2 Å². The van der Waals surface area contributed by atoms with Gasteiger partial charge in [-0.2, -0.15) is 0 Å². The van der Waals surface area contributed by atoms with Crippen LogP contribution in [0.1, 0.15) is 52.8 Å². The van der Waals surface area contributed by atoms with E-state index < -0.39 is 33.2 Å². The van der Waals surface area contributed by atoms with Crippen LogP contribution in [-0.2, 0) is 14.8 Å². The van der Waals surface area contributed by atoms with E-state index >= 15 is 0 Å². The smallest absolute Gasteiger partial charge is 0.343 e. The first-order valence-electron chi connectivity index (χ1n) is 9.44. The van der Waals surface area contributed by atoms with Gasteiger partial charge in [-0.1, -0.05) is 37.8 Å². The lowest BCUT2D eigenvalue weighted by molar-refractivity contribution is 0.0589. The number of carbonyl (C=O) groups excluding carboxylic acids is 2. The van der Waals surface area contributed by atoms with Crippen molar-refractivity contribution in [2.45, 2.75) is 37.0 Å². The molecule has 0 aromatic heterocycles. The largest absolute Gasteiger partial charge is 0.465 e. The molecule has 2 aromatic rings. The monoisotopic (exact) mass is 437 g/mol. The highest BCUT2D eigenvalue weighted by Gasteiger charge is 2.23. The van der Waals surface area contributed by atoms with Crippen LogP contribution >= 0.6 is 0 Å². The van der Waals surface area contributed by atoms with Gasteiger partial charge in [0.25, 0.3) is 10.0 Å². The van der Waals surface area contributed by atoms with Crippen molar-refractivity contribution < 1.29 is 31.5 Å².